The normalized spacial score (nSPS) is 15.4. The molecule has 3 rings (SSSR count). The first-order valence-electron chi connectivity index (χ1n) is 7.72. The largest absolute Gasteiger partial charge is 0.490 e. The van der Waals surface area contributed by atoms with Crippen LogP contribution in [-0.4, -0.2) is 35.6 Å². The van der Waals surface area contributed by atoms with Crippen LogP contribution in [0.15, 0.2) is 45.9 Å². The Morgan fingerprint density at radius 2 is 2.23 bits per heavy atom. The van der Waals surface area contributed by atoms with Crippen LogP contribution in [0, 0.1) is 0 Å². The number of hydrogen-bond acceptors (Lipinski definition) is 8. The number of carbonyl (C=O) groups is 2. The molecular formula is C17H15N3O4S2. The number of ether oxygens (including phenoxy) is 2. The van der Waals surface area contributed by atoms with Crippen LogP contribution in [0.1, 0.15) is 22.2 Å². The highest BCUT2D eigenvalue weighted by molar-refractivity contribution is 8.15. The Kier molecular flexibility index (Phi) is 6.03. The van der Waals surface area contributed by atoms with Crippen LogP contribution in [-0.2, 0) is 4.79 Å². The van der Waals surface area contributed by atoms with Crippen molar-refractivity contribution in [1.29, 1.82) is 0 Å². The van der Waals surface area contributed by atoms with E-state index in [1.807, 2.05) is 12.3 Å². The third-order valence-electron chi connectivity index (χ3n) is 3.13. The molecule has 1 amide bonds. The second-order valence-electron chi connectivity index (χ2n) is 4.99. The number of thioether (sulfide) groups is 1. The Labute approximate surface area is 158 Å². The van der Waals surface area contributed by atoms with E-state index in [0.717, 1.165) is 5.56 Å². The van der Waals surface area contributed by atoms with E-state index in [0.29, 0.717) is 33.9 Å². The average molecular weight is 389 g/mol. The van der Waals surface area contributed by atoms with Crippen LogP contribution in [0.5, 0.6) is 11.5 Å². The fourth-order valence-corrected chi connectivity index (χ4v) is 3.26. The minimum atomic E-state index is -0.428. The Balaban J connectivity index is 1.73. The number of hydrogen-bond donors (Lipinski definition) is 1. The van der Waals surface area contributed by atoms with E-state index in [9.17, 15) is 9.59 Å². The summed E-state index contributed by atoms with van der Waals surface area (Å²) in [5.74, 6) is 0.625. The molecule has 7 nitrogen and oxygen atoms in total. The number of nitrogens with one attached hydrogen (secondary N) is 1. The van der Waals surface area contributed by atoms with Gasteiger partial charge in [0.1, 0.15) is 4.88 Å². The lowest BCUT2D eigenvalue weighted by atomic mass is 10.2. The van der Waals surface area contributed by atoms with Crippen LogP contribution >= 0.6 is 23.1 Å². The molecule has 134 valence electrons. The Bertz CT molecular complexity index is 863. The van der Waals surface area contributed by atoms with Crippen LogP contribution in [0.3, 0.4) is 0 Å². The molecule has 1 aliphatic rings. The van der Waals surface area contributed by atoms with Gasteiger partial charge in [0.05, 0.1) is 18.6 Å². The van der Waals surface area contributed by atoms with E-state index < -0.39 is 5.97 Å². The van der Waals surface area contributed by atoms with Gasteiger partial charge in [0, 0.05) is 0 Å². The average Bonchev–Trinajstić information content (AvgIpc) is 3.29. The molecule has 2 aromatic rings. The van der Waals surface area contributed by atoms with Crippen molar-refractivity contribution in [2.24, 2.45) is 10.2 Å². The lowest BCUT2D eigenvalue weighted by Crippen LogP contribution is -2.19. The van der Waals surface area contributed by atoms with Gasteiger partial charge in [-0.05, 0) is 42.1 Å². The molecule has 0 atom stereocenters. The molecule has 26 heavy (non-hydrogen) atoms. The van der Waals surface area contributed by atoms with E-state index in [2.05, 4.69) is 15.5 Å². The predicted molar refractivity (Wildman–Crippen MR) is 103 cm³/mol. The number of esters is 1. The number of benzene rings is 1. The maximum atomic E-state index is 12.1. The molecule has 0 radical (unpaired) electrons. The van der Waals surface area contributed by atoms with E-state index in [1.54, 1.807) is 30.3 Å². The molecule has 2 heterocycles. The SMILES string of the molecule is CCOc1cc(C=NN=C2NC(=O)CS2)ccc1OC(=O)c1cccs1. The molecule has 0 aliphatic carbocycles. The lowest BCUT2D eigenvalue weighted by Gasteiger charge is -2.10. The van der Waals surface area contributed by atoms with Crippen molar-refractivity contribution >= 4 is 46.4 Å². The summed E-state index contributed by atoms with van der Waals surface area (Å²) < 4.78 is 11.0. The van der Waals surface area contributed by atoms with Crippen LogP contribution in [0.25, 0.3) is 0 Å². The first-order valence-corrected chi connectivity index (χ1v) is 9.58. The molecule has 0 saturated carbocycles. The highest BCUT2D eigenvalue weighted by atomic mass is 32.2. The predicted octanol–water partition coefficient (Wildman–Crippen LogP) is 2.92. The fourth-order valence-electron chi connectivity index (χ4n) is 2.03. The highest BCUT2D eigenvalue weighted by Crippen LogP contribution is 2.29. The zero-order chi connectivity index (χ0) is 18.4. The van der Waals surface area contributed by atoms with Crippen molar-refractivity contribution in [2.75, 3.05) is 12.4 Å². The lowest BCUT2D eigenvalue weighted by molar-refractivity contribution is -0.116. The van der Waals surface area contributed by atoms with Gasteiger partial charge in [-0.1, -0.05) is 17.8 Å². The summed E-state index contributed by atoms with van der Waals surface area (Å²) in [6.45, 7) is 2.27. The van der Waals surface area contributed by atoms with Gasteiger partial charge in [-0.25, -0.2) is 4.79 Å². The van der Waals surface area contributed by atoms with Crippen molar-refractivity contribution in [3.05, 3.63) is 46.2 Å². The Morgan fingerprint density at radius 1 is 1.35 bits per heavy atom. The topological polar surface area (TPSA) is 89.3 Å². The molecule has 0 unspecified atom stereocenters. The molecule has 0 spiro atoms. The molecule has 1 N–H and O–H groups in total. The fraction of sp³-hybridized carbons (Fsp3) is 0.176. The van der Waals surface area contributed by atoms with Crippen molar-refractivity contribution < 1.29 is 19.1 Å². The van der Waals surface area contributed by atoms with Crippen LogP contribution < -0.4 is 14.8 Å². The minimum absolute atomic E-state index is 0.0838. The molecule has 0 bridgehead atoms. The standard InChI is InChI=1S/C17H15N3O4S2/c1-2-23-13-8-11(9-18-20-17-19-15(21)10-26-17)5-6-12(13)24-16(22)14-4-3-7-25-14/h3-9H,2,10H2,1H3,(H,19,20,21). The van der Waals surface area contributed by atoms with Crippen LogP contribution in [0.4, 0.5) is 0 Å². The molecule has 1 aromatic carbocycles. The summed E-state index contributed by atoms with van der Waals surface area (Å²) in [6, 6.07) is 8.59. The minimum Gasteiger partial charge on any atom is -0.490 e. The Morgan fingerprint density at radius 3 is 2.92 bits per heavy atom. The second kappa shape index (κ2) is 8.63. The zero-order valence-corrected chi connectivity index (χ0v) is 15.4. The highest BCUT2D eigenvalue weighted by Gasteiger charge is 2.16. The van der Waals surface area contributed by atoms with Gasteiger partial charge in [-0.3, -0.25) is 4.79 Å². The molecule has 1 aliphatic heterocycles. The van der Waals surface area contributed by atoms with Gasteiger partial charge < -0.3 is 14.8 Å². The van der Waals surface area contributed by atoms with Crippen molar-refractivity contribution in [3.8, 4) is 11.5 Å². The third kappa shape index (κ3) is 4.70. The maximum Gasteiger partial charge on any atom is 0.353 e. The summed E-state index contributed by atoms with van der Waals surface area (Å²) in [5.41, 5.74) is 0.725. The van der Waals surface area contributed by atoms with E-state index in [-0.39, 0.29) is 5.91 Å². The van der Waals surface area contributed by atoms with E-state index in [1.165, 1.54) is 29.3 Å². The number of carbonyl (C=O) groups excluding carboxylic acids is 2. The Hall–Kier alpha value is -2.65. The molecular weight excluding hydrogens is 374 g/mol. The second-order valence-corrected chi connectivity index (χ2v) is 6.90. The van der Waals surface area contributed by atoms with Crippen molar-refractivity contribution in [3.63, 3.8) is 0 Å². The monoisotopic (exact) mass is 389 g/mol. The van der Waals surface area contributed by atoms with Gasteiger partial charge in [-0.2, -0.15) is 5.10 Å². The number of nitrogens with zero attached hydrogens (tertiary/aromatic N) is 2. The smallest absolute Gasteiger partial charge is 0.353 e. The summed E-state index contributed by atoms with van der Waals surface area (Å²) in [7, 11) is 0. The van der Waals surface area contributed by atoms with Gasteiger partial charge in [0.25, 0.3) is 0 Å². The van der Waals surface area contributed by atoms with Gasteiger partial charge in [-0.15, -0.1) is 16.4 Å². The summed E-state index contributed by atoms with van der Waals surface area (Å²) >= 11 is 2.61. The van der Waals surface area contributed by atoms with Crippen LogP contribution in [0.2, 0.25) is 0 Å². The summed E-state index contributed by atoms with van der Waals surface area (Å²) in [5, 5.41) is 12.8. The first-order chi connectivity index (χ1) is 12.7. The summed E-state index contributed by atoms with van der Waals surface area (Å²) in [6.07, 6.45) is 1.53. The number of thiophene rings is 1. The van der Waals surface area contributed by atoms with Gasteiger partial charge >= 0.3 is 5.97 Å². The molecule has 1 saturated heterocycles. The van der Waals surface area contributed by atoms with E-state index in [4.69, 9.17) is 9.47 Å². The quantitative estimate of drug-likeness (QED) is 0.355. The zero-order valence-electron chi connectivity index (χ0n) is 13.8. The molecule has 9 heteroatoms. The first kappa shape index (κ1) is 18.2. The molecule has 1 aromatic heterocycles. The molecule has 1 fully saturated rings. The van der Waals surface area contributed by atoms with Gasteiger partial charge in [0.15, 0.2) is 16.7 Å². The van der Waals surface area contributed by atoms with Gasteiger partial charge in [0.2, 0.25) is 5.91 Å². The van der Waals surface area contributed by atoms with E-state index >= 15 is 0 Å². The summed E-state index contributed by atoms with van der Waals surface area (Å²) in [4.78, 5) is 23.7. The number of amidine groups is 1. The third-order valence-corrected chi connectivity index (χ3v) is 4.85. The number of rotatable bonds is 6. The van der Waals surface area contributed by atoms with Crippen molar-refractivity contribution in [1.82, 2.24) is 5.32 Å². The van der Waals surface area contributed by atoms with Crippen molar-refractivity contribution in [2.45, 2.75) is 6.92 Å². The maximum absolute atomic E-state index is 12.1. The number of amides is 1.